The third-order valence-electron chi connectivity index (χ3n) is 3.59. The van der Waals surface area contributed by atoms with Gasteiger partial charge in [0.15, 0.2) is 0 Å². The second-order valence-electron chi connectivity index (χ2n) is 5.38. The zero-order chi connectivity index (χ0) is 16.8. The molecule has 122 valence electrons. The summed E-state index contributed by atoms with van der Waals surface area (Å²) in [5, 5.41) is 5.62. The number of hydrogen-bond acceptors (Lipinski definition) is 3. The van der Waals surface area contributed by atoms with Crippen LogP contribution >= 0.6 is 11.3 Å². The Morgan fingerprint density at radius 3 is 2.62 bits per heavy atom. The van der Waals surface area contributed by atoms with Gasteiger partial charge < -0.3 is 5.32 Å². The molecule has 1 amide bonds. The van der Waals surface area contributed by atoms with E-state index in [4.69, 9.17) is 0 Å². The summed E-state index contributed by atoms with van der Waals surface area (Å²) < 4.78 is 13.5. The summed E-state index contributed by atoms with van der Waals surface area (Å²) in [5.74, 6) is -0.338. The predicted molar refractivity (Wildman–Crippen MR) is 94.4 cm³/mol. The minimum absolute atomic E-state index is 0.101. The van der Waals surface area contributed by atoms with Gasteiger partial charge in [-0.05, 0) is 18.1 Å². The minimum Gasteiger partial charge on any atom is -0.355 e. The van der Waals surface area contributed by atoms with E-state index in [1.54, 1.807) is 18.2 Å². The molecular weight excluding hydrogens is 323 g/mol. The molecule has 24 heavy (non-hydrogen) atoms. The van der Waals surface area contributed by atoms with Gasteiger partial charge in [-0.2, -0.15) is 0 Å². The topological polar surface area (TPSA) is 42.0 Å². The molecule has 0 radical (unpaired) electrons. The normalized spacial score (nSPS) is 10.5. The summed E-state index contributed by atoms with van der Waals surface area (Å²) in [5.41, 5.74) is 2.41. The van der Waals surface area contributed by atoms with Crippen LogP contribution in [0.4, 0.5) is 4.39 Å². The highest BCUT2D eigenvalue weighted by Gasteiger charge is 2.09. The first kappa shape index (κ1) is 16.3. The Bertz CT molecular complexity index is 817. The minimum atomic E-state index is -0.237. The Morgan fingerprint density at radius 1 is 1.08 bits per heavy atom. The Hall–Kier alpha value is -2.53. The van der Waals surface area contributed by atoms with Crippen LogP contribution in [-0.2, 0) is 17.6 Å². The van der Waals surface area contributed by atoms with Crippen LogP contribution in [-0.4, -0.2) is 17.4 Å². The van der Waals surface area contributed by atoms with Crippen molar-refractivity contribution in [1.82, 2.24) is 10.3 Å². The summed E-state index contributed by atoms with van der Waals surface area (Å²) in [7, 11) is 0. The molecule has 1 heterocycles. The fourth-order valence-corrected chi connectivity index (χ4v) is 3.19. The molecule has 0 bridgehead atoms. The summed E-state index contributed by atoms with van der Waals surface area (Å²) >= 11 is 1.53. The first-order valence-corrected chi connectivity index (χ1v) is 8.60. The number of carbonyl (C=O) groups is 1. The number of benzene rings is 2. The van der Waals surface area contributed by atoms with Crippen LogP contribution in [0.15, 0.2) is 60.0 Å². The van der Waals surface area contributed by atoms with Crippen molar-refractivity contribution in [3.05, 3.63) is 77.1 Å². The van der Waals surface area contributed by atoms with Crippen molar-refractivity contribution in [2.45, 2.75) is 12.8 Å². The van der Waals surface area contributed by atoms with Gasteiger partial charge in [0.25, 0.3) is 0 Å². The van der Waals surface area contributed by atoms with Gasteiger partial charge in [0.2, 0.25) is 5.91 Å². The Morgan fingerprint density at radius 2 is 1.83 bits per heavy atom. The molecule has 5 heteroatoms. The summed E-state index contributed by atoms with van der Waals surface area (Å²) in [4.78, 5) is 16.5. The Labute approximate surface area is 144 Å². The highest BCUT2D eigenvalue weighted by Crippen LogP contribution is 2.23. The van der Waals surface area contributed by atoms with E-state index in [0.29, 0.717) is 18.5 Å². The van der Waals surface area contributed by atoms with Gasteiger partial charge in [-0.25, -0.2) is 9.37 Å². The van der Waals surface area contributed by atoms with Crippen LogP contribution in [0.25, 0.3) is 10.6 Å². The van der Waals surface area contributed by atoms with Crippen LogP contribution in [0.5, 0.6) is 0 Å². The van der Waals surface area contributed by atoms with Gasteiger partial charge in [0, 0.05) is 17.5 Å². The van der Waals surface area contributed by atoms with E-state index < -0.39 is 0 Å². The van der Waals surface area contributed by atoms with Crippen molar-refractivity contribution in [2.75, 3.05) is 6.54 Å². The fourth-order valence-electron chi connectivity index (χ4n) is 2.37. The molecule has 0 aliphatic carbocycles. The van der Waals surface area contributed by atoms with Crippen LogP contribution in [0.1, 0.15) is 11.3 Å². The zero-order valence-corrected chi connectivity index (χ0v) is 13.9. The van der Waals surface area contributed by atoms with Crippen LogP contribution < -0.4 is 5.32 Å². The number of thiazole rings is 1. The molecule has 0 aliphatic heterocycles. The first-order chi connectivity index (χ1) is 11.7. The molecule has 1 N–H and O–H groups in total. The number of rotatable bonds is 6. The van der Waals surface area contributed by atoms with Crippen molar-refractivity contribution in [3.63, 3.8) is 0 Å². The van der Waals surface area contributed by atoms with Crippen molar-refractivity contribution >= 4 is 17.2 Å². The van der Waals surface area contributed by atoms with Crippen LogP contribution in [0, 0.1) is 5.82 Å². The molecule has 3 rings (SSSR count). The molecule has 3 nitrogen and oxygen atoms in total. The quantitative estimate of drug-likeness (QED) is 0.740. The molecule has 0 saturated carbocycles. The van der Waals surface area contributed by atoms with E-state index in [1.807, 2.05) is 35.7 Å². The van der Waals surface area contributed by atoms with E-state index in [0.717, 1.165) is 16.3 Å². The van der Waals surface area contributed by atoms with Gasteiger partial charge in [-0.15, -0.1) is 11.3 Å². The molecule has 0 spiro atoms. The second-order valence-corrected chi connectivity index (χ2v) is 6.24. The number of halogens is 1. The first-order valence-electron chi connectivity index (χ1n) is 7.72. The van der Waals surface area contributed by atoms with E-state index >= 15 is 0 Å². The molecule has 3 aromatic rings. The highest BCUT2D eigenvalue weighted by atomic mass is 32.1. The molecular formula is C19H17FN2OS. The number of aromatic nitrogens is 1. The maximum Gasteiger partial charge on any atom is 0.226 e. The summed E-state index contributed by atoms with van der Waals surface area (Å²) in [6.45, 7) is 0.412. The van der Waals surface area contributed by atoms with Crippen LogP contribution in [0.2, 0.25) is 0 Å². The lowest BCUT2D eigenvalue weighted by atomic mass is 10.1. The number of hydrogen-bond donors (Lipinski definition) is 1. The maximum absolute atomic E-state index is 13.5. The smallest absolute Gasteiger partial charge is 0.226 e. The van der Waals surface area contributed by atoms with E-state index in [9.17, 15) is 9.18 Å². The maximum atomic E-state index is 13.5. The average Bonchev–Trinajstić information content (AvgIpc) is 3.06. The fraction of sp³-hybridized carbons (Fsp3) is 0.158. The Kier molecular flexibility index (Phi) is 5.33. The zero-order valence-electron chi connectivity index (χ0n) is 13.0. The van der Waals surface area contributed by atoms with E-state index in [-0.39, 0.29) is 18.1 Å². The third-order valence-corrected chi connectivity index (χ3v) is 4.53. The lowest BCUT2D eigenvalue weighted by Gasteiger charge is -2.05. The molecule has 1 aromatic heterocycles. The van der Waals surface area contributed by atoms with Gasteiger partial charge in [-0.1, -0.05) is 48.5 Å². The standard InChI is InChI=1S/C19H17FN2OS/c20-17-9-5-4-6-14(17)10-11-21-18(23)12-16-13-24-19(22-16)15-7-2-1-3-8-15/h1-9,13H,10-12H2,(H,21,23). The lowest BCUT2D eigenvalue weighted by Crippen LogP contribution is -2.27. The molecule has 0 fully saturated rings. The van der Waals surface area contributed by atoms with Crippen molar-refractivity contribution < 1.29 is 9.18 Å². The molecule has 2 aromatic carbocycles. The van der Waals surface area contributed by atoms with Gasteiger partial charge >= 0.3 is 0 Å². The van der Waals surface area contributed by atoms with Crippen molar-refractivity contribution in [3.8, 4) is 10.6 Å². The SMILES string of the molecule is O=C(Cc1csc(-c2ccccc2)n1)NCCc1ccccc1F. The Balaban J connectivity index is 1.51. The number of nitrogens with zero attached hydrogens (tertiary/aromatic N) is 1. The number of nitrogens with one attached hydrogen (secondary N) is 1. The highest BCUT2D eigenvalue weighted by molar-refractivity contribution is 7.13. The summed E-state index contributed by atoms with van der Waals surface area (Å²) in [6.07, 6.45) is 0.714. The van der Waals surface area contributed by atoms with Crippen LogP contribution in [0.3, 0.4) is 0 Å². The summed E-state index contributed by atoms with van der Waals surface area (Å²) in [6, 6.07) is 16.5. The molecule has 0 atom stereocenters. The third kappa shape index (κ3) is 4.26. The predicted octanol–water partition coefficient (Wildman–Crippen LogP) is 3.85. The lowest BCUT2D eigenvalue weighted by molar-refractivity contribution is -0.120. The van der Waals surface area contributed by atoms with Gasteiger partial charge in [-0.3, -0.25) is 4.79 Å². The van der Waals surface area contributed by atoms with E-state index in [2.05, 4.69) is 10.3 Å². The monoisotopic (exact) mass is 340 g/mol. The van der Waals surface area contributed by atoms with Crippen molar-refractivity contribution in [2.24, 2.45) is 0 Å². The number of amides is 1. The molecule has 0 saturated heterocycles. The second kappa shape index (κ2) is 7.84. The largest absolute Gasteiger partial charge is 0.355 e. The number of carbonyl (C=O) groups excluding carboxylic acids is 1. The van der Waals surface area contributed by atoms with Gasteiger partial charge in [0.05, 0.1) is 12.1 Å². The van der Waals surface area contributed by atoms with Gasteiger partial charge in [0.1, 0.15) is 10.8 Å². The van der Waals surface area contributed by atoms with Crippen molar-refractivity contribution in [1.29, 1.82) is 0 Å². The van der Waals surface area contributed by atoms with E-state index in [1.165, 1.54) is 17.4 Å². The molecule has 0 aliphatic rings. The molecule has 0 unspecified atom stereocenters. The average molecular weight is 340 g/mol.